The lowest BCUT2D eigenvalue weighted by Gasteiger charge is -2.33. The van der Waals surface area contributed by atoms with E-state index in [9.17, 15) is 18.0 Å². The summed E-state index contributed by atoms with van der Waals surface area (Å²) in [6.07, 6.45) is -3.92. The number of piperidine rings is 1. The van der Waals surface area contributed by atoms with Crippen molar-refractivity contribution in [3.8, 4) is 11.1 Å². The largest absolute Gasteiger partial charge is 0.490 e. The molecule has 0 unspecified atom stereocenters. The standard InChI is InChI=1S/C22H23ClN2O2.C2HF3O2/c1-13(26)18-10-16(23)2-3-17(18)14-8-15-12-27-7-6-25-21-4-5-24-11-20(21)19(9-14)22(15)25;3-2(4,5)1(6)7/h2-3,8-10,20-21,24H,4-7,11-12H2,1H3;(H,6,7)/t20-,21-;/m0./s1. The number of nitrogens with zero attached hydrogens (tertiary/aromatic N) is 1. The van der Waals surface area contributed by atoms with Crippen LogP contribution in [0.3, 0.4) is 0 Å². The van der Waals surface area contributed by atoms with E-state index in [2.05, 4.69) is 22.3 Å². The monoisotopic (exact) mass is 496 g/mol. The van der Waals surface area contributed by atoms with Gasteiger partial charge in [-0.05, 0) is 60.8 Å². The van der Waals surface area contributed by atoms with Crippen molar-refractivity contribution in [3.63, 3.8) is 0 Å². The highest BCUT2D eigenvalue weighted by atomic mass is 35.5. The molecule has 0 aromatic heterocycles. The maximum atomic E-state index is 12.2. The van der Waals surface area contributed by atoms with Crippen LogP contribution >= 0.6 is 11.6 Å². The molecule has 3 aliphatic rings. The Labute approximate surface area is 199 Å². The maximum absolute atomic E-state index is 12.2. The number of ether oxygens (including phenoxy) is 1. The van der Waals surface area contributed by atoms with Crippen molar-refractivity contribution in [2.24, 2.45) is 0 Å². The van der Waals surface area contributed by atoms with Crippen molar-refractivity contribution in [1.82, 2.24) is 5.32 Å². The third kappa shape index (κ3) is 4.78. The molecule has 0 radical (unpaired) electrons. The first kappa shape index (κ1) is 24.5. The van der Waals surface area contributed by atoms with Crippen LogP contribution < -0.4 is 10.2 Å². The second-order valence-corrected chi connectivity index (χ2v) is 8.97. The Morgan fingerprint density at radius 2 is 1.97 bits per heavy atom. The van der Waals surface area contributed by atoms with E-state index in [1.165, 1.54) is 16.8 Å². The fourth-order valence-electron chi connectivity index (χ4n) is 5.00. The molecule has 0 aliphatic carbocycles. The van der Waals surface area contributed by atoms with Crippen LogP contribution in [-0.4, -0.2) is 55.3 Å². The Morgan fingerprint density at radius 3 is 2.65 bits per heavy atom. The lowest BCUT2D eigenvalue weighted by molar-refractivity contribution is -0.192. The number of anilines is 1. The molecular formula is C24H24ClF3N2O4. The molecule has 2 aromatic carbocycles. The number of hydrogen-bond donors (Lipinski definition) is 2. The maximum Gasteiger partial charge on any atom is 0.490 e. The van der Waals surface area contributed by atoms with Gasteiger partial charge in [-0.25, -0.2) is 4.79 Å². The van der Waals surface area contributed by atoms with Crippen LogP contribution in [0.2, 0.25) is 5.02 Å². The predicted octanol–water partition coefficient (Wildman–Crippen LogP) is 4.64. The third-order valence-corrected chi connectivity index (χ3v) is 6.63. The van der Waals surface area contributed by atoms with E-state index >= 15 is 0 Å². The van der Waals surface area contributed by atoms with E-state index in [1.54, 1.807) is 13.0 Å². The minimum atomic E-state index is -5.08. The van der Waals surface area contributed by atoms with Gasteiger partial charge in [0.05, 0.1) is 13.2 Å². The number of ketones is 1. The lowest BCUT2D eigenvalue weighted by Crippen LogP contribution is -2.44. The number of carbonyl (C=O) groups is 2. The summed E-state index contributed by atoms with van der Waals surface area (Å²) in [5.74, 6) is -2.22. The Kier molecular flexibility index (Phi) is 6.89. The fourth-order valence-corrected chi connectivity index (χ4v) is 5.17. The highest BCUT2D eigenvalue weighted by Gasteiger charge is 2.42. The summed E-state index contributed by atoms with van der Waals surface area (Å²) in [6, 6.07) is 10.7. The summed E-state index contributed by atoms with van der Waals surface area (Å²) in [5.41, 5.74) is 6.72. The van der Waals surface area contributed by atoms with Gasteiger partial charge in [0.2, 0.25) is 0 Å². The molecule has 2 aromatic rings. The van der Waals surface area contributed by atoms with Crippen LogP contribution in [0.25, 0.3) is 11.1 Å². The van der Waals surface area contributed by atoms with Gasteiger partial charge in [0.1, 0.15) is 0 Å². The number of nitrogens with one attached hydrogen (secondary N) is 1. The summed E-state index contributed by atoms with van der Waals surface area (Å²) in [7, 11) is 0. The second-order valence-electron chi connectivity index (χ2n) is 8.53. The fraction of sp³-hybridized carbons (Fsp3) is 0.417. The third-order valence-electron chi connectivity index (χ3n) is 6.40. The molecule has 182 valence electrons. The number of Topliss-reactive ketones (excluding diaryl/α,β-unsaturated/α-hetero) is 1. The van der Waals surface area contributed by atoms with E-state index in [0.717, 1.165) is 43.8 Å². The van der Waals surface area contributed by atoms with E-state index in [1.807, 2.05) is 12.1 Å². The molecule has 1 fully saturated rings. The average molecular weight is 497 g/mol. The second kappa shape index (κ2) is 9.56. The number of carbonyl (C=O) groups excluding carboxylic acids is 1. The summed E-state index contributed by atoms with van der Waals surface area (Å²) < 4.78 is 37.6. The molecule has 0 bridgehead atoms. The minimum absolute atomic E-state index is 0.0361. The van der Waals surface area contributed by atoms with Gasteiger partial charge in [0, 0.05) is 46.9 Å². The molecule has 3 aliphatic heterocycles. The van der Waals surface area contributed by atoms with Gasteiger partial charge in [-0.15, -0.1) is 0 Å². The molecule has 3 heterocycles. The van der Waals surface area contributed by atoms with Crippen molar-refractivity contribution in [3.05, 3.63) is 52.0 Å². The van der Waals surface area contributed by atoms with Crippen molar-refractivity contribution < 1.29 is 32.6 Å². The minimum Gasteiger partial charge on any atom is -0.475 e. The summed E-state index contributed by atoms with van der Waals surface area (Å²) >= 11 is 6.15. The number of aliphatic carboxylic acids is 1. The van der Waals surface area contributed by atoms with Crippen molar-refractivity contribution in [2.45, 2.75) is 38.1 Å². The molecule has 0 saturated carbocycles. The van der Waals surface area contributed by atoms with Crippen molar-refractivity contribution in [2.75, 3.05) is 31.1 Å². The Morgan fingerprint density at radius 1 is 1.24 bits per heavy atom. The van der Waals surface area contributed by atoms with Gasteiger partial charge < -0.3 is 20.1 Å². The Balaban J connectivity index is 0.000000344. The van der Waals surface area contributed by atoms with Crippen molar-refractivity contribution in [1.29, 1.82) is 0 Å². The quantitative estimate of drug-likeness (QED) is 0.590. The number of carboxylic acid groups (broad SMARTS) is 1. The molecule has 2 atom stereocenters. The summed E-state index contributed by atoms with van der Waals surface area (Å²) in [5, 5.41) is 11.3. The predicted molar refractivity (Wildman–Crippen MR) is 122 cm³/mol. The first-order valence-corrected chi connectivity index (χ1v) is 11.3. The van der Waals surface area contributed by atoms with Gasteiger partial charge >= 0.3 is 12.1 Å². The number of carboxylic acids is 1. The molecule has 10 heteroatoms. The highest BCUT2D eigenvalue weighted by Crippen LogP contribution is 2.48. The number of fused-ring (bicyclic) bond motifs is 3. The van der Waals surface area contributed by atoms with Crippen LogP contribution in [0.5, 0.6) is 0 Å². The van der Waals surface area contributed by atoms with E-state index in [4.69, 9.17) is 26.2 Å². The normalized spacial score (nSPS) is 21.0. The summed E-state index contributed by atoms with van der Waals surface area (Å²) in [6.45, 7) is 6.03. The molecule has 0 amide bonds. The molecular weight excluding hydrogens is 473 g/mol. The van der Waals surface area contributed by atoms with Crippen molar-refractivity contribution >= 4 is 29.0 Å². The van der Waals surface area contributed by atoms with E-state index in [0.29, 0.717) is 29.2 Å². The summed E-state index contributed by atoms with van der Waals surface area (Å²) in [4.78, 5) is 23.7. The molecule has 6 nitrogen and oxygen atoms in total. The molecule has 2 N–H and O–H groups in total. The van der Waals surface area contributed by atoms with Crippen LogP contribution in [0.4, 0.5) is 18.9 Å². The zero-order valence-corrected chi connectivity index (χ0v) is 19.2. The molecule has 0 spiro atoms. The van der Waals surface area contributed by atoms with Gasteiger partial charge in [-0.1, -0.05) is 17.7 Å². The molecule has 34 heavy (non-hydrogen) atoms. The van der Waals surface area contributed by atoms with Crippen LogP contribution in [0, 0.1) is 0 Å². The molecule has 5 rings (SSSR count). The van der Waals surface area contributed by atoms with E-state index in [-0.39, 0.29) is 5.78 Å². The smallest absolute Gasteiger partial charge is 0.475 e. The first-order valence-electron chi connectivity index (χ1n) is 10.9. The van der Waals surface area contributed by atoms with Crippen LogP contribution in [0.15, 0.2) is 30.3 Å². The topological polar surface area (TPSA) is 78.9 Å². The van der Waals surface area contributed by atoms with Gasteiger partial charge in [0.15, 0.2) is 5.78 Å². The van der Waals surface area contributed by atoms with Gasteiger partial charge in [0.25, 0.3) is 0 Å². The zero-order valence-electron chi connectivity index (χ0n) is 18.4. The number of halogens is 4. The first-order chi connectivity index (χ1) is 16.1. The number of alkyl halides is 3. The Hall–Kier alpha value is -2.62. The van der Waals surface area contributed by atoms with Gasteiger partial charge in [-0.3, -0.25) is 4.79 Å². The van der Waals surface area contributed by atoms with Crippen LogP contribution in [0.1, 0.15) is 40.7 Å². The molecule has 1 saturated heterocycles. The highest BCUT2D eigenvalue weighted by molar-refractivity contribution is 6.31. The van der Waals surface area contributed by atoms with Crippen LogP contribution in [-0.2, 0) is 16.1 Å². The number of rotatable bonds is 2. The van der Waals surface area contributed by atoms with E-state index < -0.39 is 12.1 Å². The number of hydrogen-bond acceptors (Lipinski definition) is 5. The lowest BCUT2D eigenvalue weighted by atomic mass is 9.87. The Bertz CT molecular complexity index is 1120. The zero-order chi connectivity index (χ0) is 24.6. The SMILES string of the molecule is CC(=O)c1cc(Cl)ccc1-c1cc2c3c(c1)[C@@H]1CNCC[C@@H]1N3CCOC2.O=C(O)C(F)(F)F. The van der Waals surface area contributed by atoms with Gasteiger partial charge in [-0.2, -0.15) is 13.2 Å². The average Bonchev–Trinajstić information content (AvgIpc) is 2.94. The number of benzene rings is 2.